The lowest BCUT2D eigenvalue weighted by Crippen LogP contribution is -2.30. The Labute approximate surface area is 176 Å². The van der Waals surface area contributed by atoms with Crippen LogP contribution < -0.4 is 19.7 Å². The maximum atomic E-state index is 12.8. The van der Waals surface area contributed by atoms with Crippen LogP contribution in [0.2, 0.25) is 0 Å². The molecule has 0 bridgehead atoms. The van der Waals surface area contributed by atoms with Gasteiger partial charge in [-0.25, -0.2) is 0 Å². The molecule has 154 valence electrons. The van der Waals surface area contributed by atoms with Crippen molar-refractivity contribution in [2.45, 2.75) is 6.92 Å². The Morgan fingerprint density at radius 3 is 2.13 bits per heavy atom. The molecule has 0 aliphatic heterocycles. The number of nitrogens with zero attached hydrogens (tertiary/aromatic N) is 1. The number of methoxy groups -OCH3 is 1. The summed E-state index contributed by atoms with van der Waals surface area (Å²) >= 11 is 0. The molecule has 0 fully saturated rings. The lowest BCUT2D eigenvalue weighted by Gasteiger charge is -2.21. The minimum absolute atomic E-state index is 0.0962. The molecule has 0 atom stereocenters. The van der Waals surface area contributed by atoms with E-state index in [-0.39, 0.29) is 18.4 Å². The number of carbonyl (C=O) groups is 2. The first-order valence-electron chi connectivity index (χ1n) is 9.65. The summed E-state index contributed by atoms with van der Waals surface area (Å²) in [5, 5.41) is 2.76. The standard InChI is InChI=1S/C24H24N2O4/c1-3-26(20-9-5-4-6-10-20)24(28)18-13-15-19(16-14-18)25-23(27)17-30-22-12-8-7-11-21(22)29-2/h4-16H,3,17H2,1-2H3,(H,25,27). The predicted molar refractivity (Wildman–Crippen MR) is 117 cm³/mol. The molecule has 1 N–H and O–H groups in total. The van der Waals surface area contributed by atoms with Crippen LogP contribution in [0.15, 0.2) is 78.9 Å². The minimum atomic E-state index is -0.306. The molecule has 0 spiro atoms. The molecule has 0 unspecified atom stereocenters. The molecule has 3 rings (SSSR count). The maximum absolute atomic E-state index is 12.8. The number of ether oxygens (including phenoxy) is 2. The number of hydrogen-bond donors (Lipinski definition) is 1. The van der Waals surface area contributed by atoms with Crippen LogP contribution in [0.1, 0.15) is 17.3 Å². The minimum Gasteiger partial charge on any atom is -0.493 e. The van der Waals surface area contributed by atoms with E-state index in [9.17, 15) is 9.59 Å². The van der Waals surface area contributed by atoms with Crippen LogP contribution in [-0.4, -0.2) is 32.1 Å². The molecule has 30 heavy (non-hydrogen) atoms. The molecule has 3 aromatic rings. The van der Waals surface area contributed by atoms with Gasteiger partial charge in [0.1, 0.15) is 0 Å². The van der Waals surface area contributed by atoms with E-state index in [0.29, 0.717) is 29.3 Å². The van der Waals surface area contributed by atoms with Gasteiger partial charge < -0.3 is 19.7 Å². The van der Waals surface area contributed by atoms with Gasteiger partial charge in [-0.1, -0.05) is 30.3 Å². The Kier molecular flexibility index (Phi) is 7.05. The zero-order valence-corrected chi connectivity index (χ0v) is 17.0. The first-order chi connectivity index (χ1) is 14.6. The van der Waals surface area contributed by atoms with Crippen LogP contribution in [-0.2, 0) is 4.79 Å². The van der Waals surface area contributed by atoms with Crippen molar-refractivity contribution in [1.82, 2.24) is 0 Å². The average molecular weight is 404 g/mol. The molecule has 3 aromatic carbocycles. The molecule has 2 amide bonds. The molecule has 0 saturated carbocycles. The number of carbonyl (C=O) groups excluding carboxylic acids is 2. The van der Waals surface area contributed by atoms with Crippen molar-refractivity contribution in [3.8, 4) is 11.5 Å². The van der Waals surface area contributed by atoms with Crippen molar-refractivity contribution >= 4 is 23.2 Å². The van der Waals surface area contributed by atoms with Gasteiger partial charge in [0.15, 0.2) is 18.1 Å². The first kappa shape index (κ1) is 20.9. The quantitative estimate of drug-likeness (QED) is 0.605. The molecule has 6 nitrogen and oxygen atoms in total. The highest BCUT2D eigenvalue weighted by atomic mass is 16.5. The summed E-state index contributed by atoms with van der Waals surface area (Å²) in [6.45, 7) is 2.33. The third-order valence-corrected chi connectivity index (χ3v) is 4.47. The second-order valence-electron chi connectivity index (χ2n) is 6.45. The van der Waals surface area contributed by atoms with Gasteiger partial charge in [-0.2, -0.15) is 0 Å². The molecule has 0 aliphatic carbocycles. The zero-order valence-electron chi connectivity index (χ0n) is 17.0. The number of nitrogens with one attached hydrogen (secondary N) is 1. The topological polar surface area (TPSA) is 67.9 Å². The molecular weight excluding hydrogens is 380 g/mol. The third kappa shape index (κ3) is 5.17. The van der Waals surface area contributed by atoms with E-state index >= 15 is 0 Å². The average Bonchev–Trinajstić information content (AvgIpc) is 2.79. The largest absolute Gasteiger partial charge is 0.493 e. The predicted octanol–water partition coefficient (Wildman–Crippen LogP) is 4.38. The van der Waals surface area contributed by atoms with Crippen molar-refractivity contribution < 1.29 is 19.1 Å². The molecular formula is C24H24N2O4. The Morgan fingerprint density at radius 2 is 1.50 bits per heavy atom. The van der Waals surface area contributed by atoms with Gasteiger partial charge in [0.05, 0.1) is 7.11 Å². The number of hydrogen-bond acceptors (Lipinski definition) is 4. The number of para-hydroxylation sites is 3. The highest BCUT2D eigenvalue weighted by molar-refractivity contribution is 6.06. The molecule has 0 aromatic heterocycles. The summed E-state index contributed by atoms with van der Waals surface area (Å²) in [5.41, 5.74) is 1.97. The Balaban J connectivity index is 1.60. The van der Waals surface area contributed by atoms with Gasteiger partial charge in [-0.05, 0) is 55.5 Å². The summed E-state index contributed by atoms with van der Waals surface area (Å²) in [4.78, 5) is 26.7. The van der Waals surface area contributed by atoms with E-state index in [1.807, 2.05) is 43.3 Å². The summed E-state index contributed by atoms with van der Waals surface area (Å²) in [6, 6.07) is 23.4. The van der Waals surface area contributed by atoms with Gasteiger partial charge in [0.2, 0.25) is 0 Å². The van der Waals surface area contributed by atoms with Crippen molar-refractivity contribution in [2.75, 3.05) is 30.5 Å². The SMILES string of the molecule is CCN(C(=O)c1ccc(NC(=O)COc2ccccc2OC)cc1)c1ccccc1. The van der Waals surface area contributed by atoms with Crippen LogP contribution in [0.25, 0.3) is 0 Å². The van der Waals surface area contributed by atoms with Crippen LogP contribution >= 0.6 is 0 Å². The van der Waals surface area contributed by atoms with Gasteiger partial charge in [-0.3, -0.25) is 9.59 Å². The van der Waals surface area contributed by atoms with E-state index in [1.165, 1.54) is 0 Å². The van der Waals surface area contributed by atoms with E-state index in [4.69, 9.17) is 9.47 Å². The number of anilines is 2. The Bertz CT molecular complexity index is 988. The monoisotopic (exact) mass is 404 g/mol. The second-order valence-corrected chi connectivity index (χ2v) is 6.45. The van der Waals surface area contributed by atoms with Crippen molar-refractivity contribution in [2.24, 2.45) is 0 Å². The number of amides is 2. The maximum Gasteiger partial charge on any atom is 0.262 e. The normalized spacial score (nSPS) is 10.2. The van der Waals surface area contributed by atoms with Crippen LogP contribution in [0, 0.1) is 0 Å². The molecule has 0 aliphatic rings. The van der Waals surface area contributed by atoms with Crippen LogP contribution in [0.4, 0.5) is 11.4 Å². The first-order valence-corrected chi connectivity index (χ1v) is 9.65. The molecule has 6 heteroatoms. The van der Waals surface area contributed by atoms with E-state index in [0.717, 1.165) is 5.69 Å². The second kappa shape index (κ2) is 10.1. The summed E-state index contributed by atoms with van der Waals surface area (Å²) in [6.07, 6.45) is 0. The Morgan fingerprint density at radius 1 is 0.867 bits per heavy atom. The Hall–Kier alpha value is -3.80. The summed E-state index contributed by atoms with van der Waals surface area (Å²) in [7, 11) is 1.54. The number of benzene rings is 3. The lowest BCUT2D eigenvalue weighted by atomic mass is 10.1. The van der Waals surface area contributed by atoms with E-state index < -0.39 is 0 Å². The smallest absolute Gasteiger partial charge is 0.262 e. The summed E-state index contributed by atoms with van der Waals surface area (Å²) < 4.78 is 10.7. The van der Waals surface area contributed by atoms with Crippen LogP contribution in [0.5, 0.6) is 11.5 Å². The fourth-order valence-electron chi connectivity index (χ4n) is 2.98. The van der Waals surface area contributed by atoms with Gasteiger partial charge in [0.25, 0.3) is 11.8 Å². The van der Waals surface area contributed by atoms with Crippen LogP contribution in [0.3, 0.4) is 0 Å². The lowest BCUT2D eigenvalue weighted by molar-refractivity contribution is -0.118. The third-order valence-electron chi connectivity index (χ3n) is 4.47. The van der Waals surface area contributed by atoms with Gasteiger partial charge in [-0.15, -0.1) is 0 Å². The van der Waals surface area contributed by atoms with Crippen molar-refractivity contribution in [1.29, 1.82) is 0 Å². The molecule has 0 heterocycles. The highest BCUT2D eigenvalue weighted by Gasteiger charge is 2.16. The number of rotatable bonds is 8. The van der Waals surface area contributed by atoms with Crippen molar-refractivity contribution in [3.05, 3.63) is 84.4 Å². The zero-order chi connectivity index (χ0) is 21.3. The fourth-order valence-corrected chi connectivity index (χ4v) is 2.98. The highest BCUT2D eigenvalue weighted by Crippen LogP contribution is 2.25. The van der Waals surface area contributed by atoms with Gasteiger partial charge in [0, 0.05) is 23.5 Å². The molecule has 0 saturated heterocycles. The molecule has 0 radical (unpaired) electrons. The fraction of sp³-hybridized carbons (Fsp3) is 0.167. The summed E-state index contributed by atoms with van der Waals surface area (Å²) in [5.74, 6) is 0.657. The van der Waals surface area contributed by atoms with E-state index in [1.54, 1.807) is 54.5 Å². The van der Waals surface area contributed by atoms with Gasteiger partial charge >= 0.3 is 0 Å². The van der Waals surface area contributed by atoms with E-state index in [2.05, 4.69) is 5.32 Å². The van der Waals surface area contributed by atoms with Crippen molar-refractivity contribution in [3.63, 3.8) is 0 Å².